The first kappa shape index (κ1) is 26.2. The van der Waals surface area contributed by atoms with E-state index in [0.717, 1.165) is 10.4 Å². The fourth-order valence-corrected chi connectivity index (χ4v) is 4.31. The molecule has 0 fully saturated rings. The summed E-state index contributed by atoms with van der Waals surface area (Å²) >= 11 is 1.51. The van der Waals surface area contributed by atoms with Crippen LogP contribution in [0.4, 0.5) is 10.1 Å². The van der Waals surface area contributed by atoms with E-state index in [1.165, 1.54) is 23.5 Å². The molecule has 9 heteroatoms. The second-order valence-corrected chi connectivity index (χ2v) is 8.79. The normalized spacial score (nSPS) is 11.7. The minimum Gasteiger partial charge on any atom is -0.490 e. The van der Waals surface area contributed by atoms with Gasteiger partial charge in [0.1, 0.15) is 5.82 Å². The van der Waals surface area contributed by atoms with E-state index in [1.807, 2.05) is 31.4 Å². The third kappa shape index (κ3) is 7.80. The molecule has 1 heterocycles. The van der Waals surface area contributed by atoms with Gasteiger partial charge < -0.3 is 20.1 Å². The number of benzene rings is 2. The molecule has 1 unspecified atom stereocenters. The van der Waals surface area contributed by atoms with Crippen LogP contribution in [0.25, 0.3) is 0 Å². The van der Waals surface area contributed by atoms with Gasteiger partial charge in [0.05, 0.1) is 32.3 Å². The third-order valence-electron chi connectivity index (χ3n) is 4.99. The molecular weight excluding hydrogens is 469 g/mol. The Labute approximate surface area is 208 Å². The van der Waals surface area contributed by atoms with Crippen LogP contribution in [0.2, 0.25) is 0 Å². The summed E-state index contributed by atoms with van der Waals surface area (Å²) in [5.74, 6) is 0.322. The lowest BCUT2D eigenvalue weighted by atomic mass is 10.1. The van der Waals surface area contributed by atoms with Crippen LogP contribution >= 0.6 is 11.3 Å². The summed E-state index contributed by atoms with van der Waals surface area (Å²) in [5, 5.41) is 7.74. The molecule has 0 bridgehead atoms. The summed E-state index contributed by atoms with van der Waals surface area (Å²) in [4.78, 5) is 27.9. The molecule has 35 heavy (non-hydrogen) atoms. The maximum Gasteiger partial charge on any atom is 0.238 e. The maximum atomic E-state index is 13.4. The molecule has 0 saturated heterocycles. The fourth-order valence-electron chi connectivity index (χ4n) is 3.51. The Bertz CT molecular complexity index is 1110. The van der Waals surface area contributed by atoms with Crippen LogP contribution in [0.1, 0.15) is 30.3 Å². The van der Waals surface area contributed by atoms with Crippen LogP contribution < -0.4 is 20.1 Å². The van der Waals surface area contributed by atoms with Crippen molar-refractivity contribution in [2.75, 3.05) is 38.7 Å². The van der Waals surface area contributed by atoms with E-state index in [2.05, 4.69) is 10.6 Å². The molecule has 0 spiro atoms. The summed E-state index contributed by atoms with van der Waals surface area (Å²) in [6, 6.07) is 14.7. The number of carbonyl (C=O) groups is 2. The van der Waals surface area contributed by atoms with E-state index >= 15 is 0 Å². The van der Waals surface area contributed by atoms with Crippen LogP contribution in [0.5, 0.6) is 11.5 Å². The number of hydrogen-bond acceptors (Lipinski definition) is 6. The van der Waals surface area contributed by atoms with Gasteiger partial charge in [-0.15, -0.1) is 11.3 Å². The number of hydrogen-bond donors (Lipinski definition) is 2. The maximum absolute atomic E-state index is 13.4. The first-order valence-electron chi connectivity index (χ1n) is 11.4. The van der Waals surface area contributed by atoms with Crippen molar-refractivity contribution in [1.82, 2.24) is 10.2 Å². The molecule has 1 atom stereocenters. The molecule has 3 aromatic rings. The van der Waals surface area contributed by atoms with Gasteiger partial charge in [-0.05, 0) is 62.2 Å². The fraction of sp³-hybridized carbons (Fsp3) is 0.308. The van der Waals surface area contributed by atoms with E-state index in [-0.39, 0.29) is 30.7 Å². The van der Waals surface area contributed by atoms with E-state index in [0.29, 0.717) is 30.4 Å². The molecule has 0 aliphatic rings. The van der Waals surface area contributed by atoms with Crippen LogP contribution in [0, 0.1) is 5.82 Å². The molecule has 0 radical (unpaired) electrons. The lowest BCUT2D eigenvalue weighted by molar-refractivity contribution is -0.123. The van der Waals surface area contributed by atoms with Crippen LogP contribution in [0.15, 0.2) is 60.0 Å². The zero-order valence-electron chi connectivity index (χ0n) is 20.0. The molecule has 0 aliphatic carbocycles. The first-order valence-corrected chi connectivity index (χ1v) is 12.2. The molecule has 2 amide bonds. The number of rotatable bonds is 12. The van der Waals surface area contributed by atoms with E-state index in [1.54, 1.807) is 42.3 Å². The van der Waals surface area contributed by atoms with E-state index in [4.69, 9.17) is 9.47 Å². The smallest absolute Gasteiger partial charge is 0.238 e. The van der Waals surface area contributed by atoms with Gasteiger partial charge in [0, 0.05) is 16.6 Å². The summed E-state index contributed by atoms with van der Waals surface area (Å²) < 4.78 is 24.5. The number of anilines is 1. The standard InChI is InChI=1S/C26H30FN3O4S/c1-4-33-21-13-12-20(15-22(21)34-5-2)28-24(31)16-30(3)17-25(32)29-26(23-7-6-14-35-23)18-8-10-19(27)11-9-18/h6-15,26H,4-5,16-17H2,1-3H3,(H,28,31)(H,29,32). The SMILES string of the molecule is CCOc1ccc(NC(=O)CN(C)CC(=O)NC(c2ccc(F)cc2)c2cccs2)cc1OCC. The zero-order chi connectivity index (χ0) is 25.2. The first-order chi connectivity index (χ1) is 16.9. The molecule has 0 aliphatic heterocycles. The predicted molar refractivity (Wildman–Crippen MR) is 136 cm³/mol. The van der Waals surface area contributed by atoms with Crippen molar-refractivity contribution in [3.63, 3.8) is 0 Å². The number of carbonyl (C=O) groups excluding carboxylic acids is 2. The Hall–Kier alpha value is -3.43. The van der Waals surface area contributed by atoms with Crippen molar-refractivity contribution in [2.45, 2.75) is 19.9 Å². The second-order valence-electron chi connectivity index (χ2n) is 7.82. The Morgan fingerprint density at radius 3 is 2.31 bits per heavy atom. The van der Waals surface area contributed by atoms with Gasteiger partial charge >= 0.3 is 0 Å². The second kappa shape index (κ2) is 12.9. The Kier molecular flexibility index (Phi) is 9.63. The van der Waals surface area contributed by atoms with Crippen LogP contribution in [0.3, 0.4) is 0 Å². The molecule has 7 nitrogen and oxygen atoms in total. The van der Waals surface area contributed by atoms with Gasteiger partial charge in [0.25, 0.3) is 0 Å². The summed E-state index contributed by atoms with van der Waals surface area (Å²) in [6.07, 6.45) is 0. The number of ether oxygens (including phenoxy) is 2. The molecule has 186 valence electrons. The van der Waals surface area contributed by atoms with Crippen molar-refractivity contribution >= 4 is 28.8 Å². The number of thiophene rings is 1. The molecule has 2 N–H and O–H groups in total. The monoisotopic (exact) mass is 499 g/mol. The molecule has 2 aromatic carbocycles. The third-order valence-corrected chi connectivity index (χ3v) is 5.93. The molecule has 1 aromatic heterocycles. The van der Waals surface area contributed by atoms with Gasteiger partial charge in [-0.2, -0.15) is 0 Å². The van der Waals surface area contributed by atoms with Gasteiger partial charge in [-0.3, -0.25) is 14.5 Å². The van der Waals surface area contributed by atoms with E-state index < -0.39 is 6.04 Å². The number of amides is 2. The van der Waals surface area contributed by atoms with Crippen LogP contribution in [-0.4, -0.2) is 50.1 Å². The number of likely N-dealkylation sites (N-methyl/N-ethyl adjacent to an activating group) is 1. The van der Waals surface area contributed by atoms with Crippen molar-refractivity contribution in [3.05, 3.63) is 76.2 Å². The largest absolute Gasteiger partial charge is 0.490 e. The Morgan fingerprint density at radius 1 is 0.971 bits per heavy atom. The van der Waals surface area contributed by atoms with Gasteiger partial charge in [-0.1, -0.05) is 18.2 Å². The van der Waals surface area contributed by atoms with Gasteiger partial charge in [0.15, 0.2) is 11.5 Å². The van der Waals surface area contributed by atoms with Crippen molar-refractivity contribution < 1.29 is 23.5 Å². The Morgan fingerprint density at radius 2 is 1.66 bits per heavy atom. The topological polar surface area (TPSA) is 79.9 Å². The van der Waals surface area contributed by atoms with Crippen molar-refractivity contribution in [2.24, 2.45) is 0 Å². The highest BCUT2D eigenvalue weighted by Gasteiger charge is 2.20. The highest BCUT2D eigenvalue weighted by atomic mass is 32.1. The highest BCUT2D eigenvalue weighted by Crippen LogP contribution is 2.30. The summed E-state index contributed by atoms with van der Waals surface area (Å²) in [7, 11) is 1.70. The van der Waals surface area contributed by atoms with Gasteiger partial charge in [0.2, 0.25) is 11.8 Å². The lowest BCUT2D eigenvalue weighted by Gasteiger charge is -2.21. The minimum atomic E-state index is -0.397. The number of nitrogens with zero attached hydrogens (tertiary/aromatic N) is 1. The number of halogens is 1. The minimum absolute atomic E-state index is 0.0178. The highest BCUT2D eigenvalue weighted by molar-refractivity contribution is 7.10. The van der Waals surface area contributed by atoms with Crippen molar-refractivity contribution in [3.8, 4) is 11.5 Å². The Balaban J connectivity index is 1.57. The predicted octanol–water partition coefficient (Wildman–Crippen LogP) is 4.46. The average molecular weight is 500 g/mol. The van der Waals surface area contributed by atoms with Crippen molar-refractivity contribution in [1.29, 1.82) is 0 Å². The number of nitrogens with one attached hydrogen (secondary N) is 2. The van der Waals surface area contributed by atoms with E-state index in [9.17, 15) is 14.0 Å². The molecular formula is C26H30FN3O4S. The quantitative estimate of drug-likeness (QED) is 0.385. The zero-order valence-corrected chi connectivity index (χ0v) is 20.9. The summed E-state index contributed by atoms with van der Waals surface area (Å²) in [6.45, 7) is 4.78. The average Bonchev–Trinajstić information content (AvgIpc) is 3.34. The summed E-state index contributed by atoms with van der Waals surface area (Å²) in [5.41, 5.74) is 1.36. The van der Waals surface area contributed by atoms with Gasteiger partial charge in [-0.25, -0.2) is 4.39 Å². The molecule has 0 saturated carbocycles. The van der Waals surface area contributed by atoms with Crippen LogP contribution in [-0.2, 0) is 9.59 Å². The molecule has 3 rings (SSSR count). The lowest BCUT2D eigenvalue weighted by Crippen LogP contribution is -2.40.